The zero-order valence-corrected chi connectivity index (χ0v) is 19.3. The Morgan fingerprint density at radius 2 is 2.00 bits per heavy atom. The first kappa shape index (κ1) is 23.3. The van der Waals surface area contributed by atoms with E-state index in [4.69, 9.17) is 9.15 Å². The zero-order valence-electron chi connectivity index (χ0n) is 19.3. The van der Waals surface area contributed by atoms with Gasteiger partial charge in [0.1, 0.15) is 16.8 Å². The summed E-state index contributed by atoms with van der Waals surface area (Å²) in [5, 5.41) is 6.85. The van der Waals surface area contributed by atoms with E-state index in [1.54, 1.807) is 15.5 Å². The largest absolute Gasteiger partial charge is 0.461 e. The minimum Gasteiger partial charge on any atom is -0.461 e. The molecule has 2 N–H and O–H groups in total. The summed E-state index contributed by atoms with van der Waals surface area (Å²) >= 11 is 0. The van der Waals surface area contributed by atoms with Crippen molar-refractivity contribution in [1.29, 1.82) is 0 Å². The maximum absolute atomic E-state index is 12.7. The summed E-state index contributed by atoms with van der Waals surface area (Å²) in [7, 11) is 0. The molecule has 180 valence electrons. The van der Waals surface area contributed by atoms with Crippen LogP contribution in [0.5, 0.6) is 0 Å². The molecule has 1 aliphatic heterocycles. The van der Waals surface area contributed by atoms with Crippen molar-refractivity contribution in [2.45, 2.75) is 45.1 Å². The van der Waals surface area contributed by atoms with Gasteiger partial charge in [-0.05, 0) is 45.7 Å². The van der Waals surface area contributed by atoms with E-state index in [2.05, 4.69) is 15.4 Å². The maximum Gasteiger partial charge on any atom is 0.410 e. The highest BCUT2D eigenvalue weighted by molar-refractivity contribution is 6.03. The Morgan fingerprint density at radius 3 is 2.65 bits per heavy atom. The van der Waals surface area contributed by atoms with Crippen LogP contribution in [0.2, 0.25) is 0 Å². The number of fused-ring (bicyclic) bond motifs is 1. The number of aromatic nitrogens is 3. The summed E-state index contributed by atoms with van der Waals surface area (Å²) in [5.41, 5.74) is 0.130. The number of nitrogens with one attached hydrogen (secondary N) is 2. The van der Waals surface area contributed by atoms with Crippen LogP contribution < -0.4 is 10.9 Å². The maximum atomic E-state index is 12.7. The Labute approximate surface area is 195 Å². The number of hydrogen-bond donors (Lipinski definition) is 2. The van der Waals surface area contributed by atoms with Crippen LogP contribution in [0, 0.1) is 0 Å². The van der Waals surface area contributed by atoms with Crippen LogP contribution in [0.15, 0.2) is 39.9 Å². The van der Waals surface area contributed by atoms with Crippen molar-refractivity contribution in [1.82, 2.24) is 24.8 Å². The van der Waals surface area contributed by atoms with Gasteiger partial charge in [-0.15, -0.1) is 0 Å². The molecule has 11 heteroatoms. The molecule has 0 aliphatic carbocycles. The van der Waals surface area contributed by atoms with Crippen molar-refractivity contribution in [2.24, 2.45) is 0 Å². The number of ketones is 1. The molecule has 34 heavy (non-hydrogen) atoms. The number of hydrogen-bond acceptors (Lipinski definition) is 7. The molecule has 3 aromatic heterocycles. The highest BCUT2D eigenvalue weighted by Crippen LogP contribution is 2.28. The van der Waals surface area contributed by atoms with Crippen molar-refractivity contribution < 1.29 is 23.5 Å². The van der Waals surface area contributed by atoms with Crippen LogP contribution in [-0.4, -0.2) is 62.5 Å². The summed E-state index contributed by atoms with van der Waals surface area (Å²) in [6.45, 7) is 6.18. The fraction of sp³-hybridized carbons (Fsp3) is 0.435. The molecule has 0 unspecified atom stereocenters. The quantitative estimate of drug-likeness (QED) is 0.547. The molecule has 11 nitrogen and oxygen atoms in total. The number of carbonyl (C=O) groups is 3. The van der Waals surface area contributed by atoms with Gasteiger partial charge in [0, 0.05) is 25.1 Å². The number of likely N-dealkylation sites (tertiary alicyclic amines) is 1. The lowest BCUT2D eigenvalue weighted by atomic mass is 9.93. The van der Waals surface area contributed by atoms with Gasteiger partial charge in [-0.3, -0.25) is 14.4 Å². The van der Waals surface area contributed by atoms with Gasteiger partial charge in [0.15, 0.2) is 5.76 Å². The second-order valence-corrected chi connectivity index (χ2v) is 9.20. The van der Waals surface area contributed by atoms with Crippen LogP contribution in [0.3, 0.4) is 0 Å². The number of Topliss-reactive ketones (excluding diaryl/α,β-unsaturated/α-hetero) is 1. The average Bonchev–Trinajstić information content (AvgIpc) is 3.46. The number of aromatic amines is 1. The number of H-pyrrole nitrogens is 1. The van der Waals surface area contributed by atoms with Gasteiger partial charge in [0.2, 0.25) is 5.78 Å². The minimum atomic E-state index is -0.568. The Bertz CT molecular complexity index is 1260. The molecule has 3 aromatic rings. The Hall–Kier alpha value is -3.89. The number of furan rings is 1. The summed E-state index contributed by atoms with van der Waals surface area (Å²) in [6, 6.07) is 4.57. The molecular formula is C23H27N5O6. The fourth-order valence-corrected chi connectivity index (χ4v) is 3.93. The topological polar surface area (TPSA) is 139 Å². The molecule has 0 bridgehead atoms. The van der Waals surface area contributed by atoms with E-state index in [1.807, 2.05) is 20.8 Å². The molecule has 1 aliphatic rings. The molecule has 0 spiro atoms. The van der Waals surface area contributed by atoms with Gasteiger partial charge in [-0.25, -0.2) is 9.31 Å². The van der Waals surface area contributed by atoms with Crippen LogP contribution in [0.25, 0.3) is 5.65 Å². The van der Waals surface area contributed by atoms with Gasteiger partial charge >= 0.3 is 6.09 Å². The number of rotatable bonds is 5. The molecule has 0 atom stereocenters. The lowest BCUT2D eigenvalue weighted by Crippen LogP contribution is -2.41. The van der Waals surface area contributed by atoms with E-state index in [0.29, 0.717) is 31.6 Å². The Morgan fingerprint density at radius 1 is 1.26 bits per heavy atom. The third-order valence-electron chi connectivity index (χ3n) is 5.55. The predicted molar refractivity (Wildman–Crippen MR) is 121 cm³/mol. The normalized spacial score (nSPS) is 14.9. The molecule has 0 saturated carbocycles. The number of nitrogens with zero attached hydrogens (tertiary/aromatic N) is 3. The number of ether oxygens (including phenoxy) is 1. The Kier molecular flexibility index (Phi) is 6.27. The van der Waals surface area contributed by atoms with Gasteiger partial charge in [-0.2, -0.15) is 5.10 Å². The average molecular weight is 469 g/mol. The monoisotopic (exact) mass is 469 g/mol. The molecular weight excluding hydrogens is 442 g/mol. The van der Waals surface area contributed by atoms with Gasteiger partial charge < -0.3 is 24.4 Å². The SMILES string of the molecule is CC(C)(C)OC(=O)N1CCC(c2cc(=O)[nH]c3c(C(=O)NCC(=O)c4ccco4)cnn23)CC1. The molecule has 2 amide bonds. The third-order valence-corrected chi connectivity index (χ3v) is 5.55. The van der Waals surface area contributed by atoms with Crippen LogP contribution in [0.4, 0.5) is 4.79 Å². The highest BCUT2D eigenvalue weighted by Gasteiger charge is 2.29. The van der Waals surface area contributed by atoms with E-state index in [9.17, 15) is 19.2 Å². The first-order valence-electron chi connectivity index (χ1n) is 11.1. The first-order chi connectivity index (χ1) is 16.1. The first-order valence-corrected chi connectivity index (χ1v) is 11.1. The summed E-state index contributed by atoms with van der Waals surface area (Å²) in [4.78, 5) is 53.8. The van der Waals surface area contributed by atoms with E-state index >= 15 is 0 Å². The second kappa shape index (κ2) is 9.16. The van der Waals surface area contributed by atoms with Crippen molar-refractivity contribution in [3.05, 3.63) is 58.0 Å². The van der Waals surface area contributed by atoms with Crippen LogP contribution in [0.1, 0.15) is 66.1 Å². The zero-order chi connectivity index (χ0) is 24.5. The molecule has 1 fully saturated rings. The summed E-state index contributed by atoms with van der Waals surface area (Å²) in [5.74, 6) is -0.795. The predicted octanol–water partition coefficient (Wildman–Crippen LogP) is 2.34. The molecule has 0 aromatic carbocycles. The van der Waals surface area contributed by atoms with Crippen LogP contribution in [-0.2, 0) is 4.74 Å². The molecule has 0 radical (unpaired) electrons. The van der Waals surface area contributed by atoms with Crippen molar-refractivity contribution in [3.63, 3.8) is 0 Å². The van der Waals surface area contributed by atoms with Gasteiger partial charge in [-0.1, -0.05) is 0 Å². The lowest BCUT2D eigenvalue weighted by molar-refractivity contribution is 0.0203. The van der Waals surface area contributed by atoms with Gasteiger partial charge in [0.25, 0.3) is 11.5 Å². The standard InChI is InChI=1S/C23H27N5O6/c1-23(2,3)34-22(32)27-8-6-14(7-9-27)16-11-19(30)26-20-15(12-25-28(16)20)21(31)24-13-17(29)18-5-4-10-33-18/h4-5,10-12,14H,6-9,13H2,1-3H3,(H,24,31)(H,26,30). The van der Waals surface area contributed by atoms with Gasteiger partial charge in [0.05, 0.1) is 24.7 Å². The smallest absolute Gasteiger partial charge is 0.410 e. The second-order valence-electron chi connectivity index (χ2n) is 9.20. The number of amides is 2. The lowest BCUT2D eigenvalue weighted by Gasteiger charge is -2.33. The van der Waals surface area contributed by atoms with E-state index in [1.165, 1.54) is 24.6 Å². The highest BCUT2D eigenvalue weighted by atomic mass is 16.6. The third kappa shape index (κ3) is 5.03. The van der Waals surface area contributed by atoms with Crippen molar-refractivity contribution in [3.8, 4) is 0 Å². The summed E-state index contributed by atoms with van der Waals surface area (Å²) < 4.78 is 12.0. The molecule has 1 saturated heterocycles. The van der Waals surface area contributed by atoms with E-state index < -0.39 is 11.5 Å². The molecule has 4 heterocycles. The van der Waals surface area contributed by atoms with Crippen molar-refractivity contribution in [2.75, 3.05) is 19.6 Å². The number of carbonyl (C=O) groups excluding carboxylic acids is 3. The Balaban J connectivity index is 1.48. The summed E-state index contributed by atoms with van der Waals surface area (Å²) in [6.07, 6.45) is 3.62. The minimum absolute atomic E-state index is 0.0279. The molecule has 4 rings (SSSR count). The van der Waals surface area contributed by atoms with E-state index in [0.717, 1.165) is 0 Å². The fourth-order valence-electron chi connectivity index (χ4n) is 3.93. The van der Waals surface area contributed by atoms with Crippen molar-refractivity contribution >= 4 is 23.4 Å². The van der Waals surface area contributed by atoms with Crippen LogP contribution >= 0.6 is 0 Å². The van der Waals surface area contributed by atoms with E-state index in [-0.39, 0.29) is 46.9 Å². The number of piperidine rings is 1.